The Morgan fingerprint density at radius 1 is 1.04 bits per heavy atom. The summed E-state index contributed by atoms with van der Waals surface area (Å²) in [5.74, 6) is -2.02. The van der Waals surface area contributed by atoms with Crippen LogP contribution in [0.3, 0.4) is 0 Å². The van der Waals surface area contributed by atoms with E-state index in [9.17, 15) is 19.8 Å². The minimum atomic E-state index is -1.10. The Kier molecular flexibility index (Phi) is 9.64. The maximum absolute atomic E-state index is 11.5. The number of hydrogen-bond donors (Lipinski definition) is 2. The van der Waals surface area contributed by atoms with Gasteiger partial charge in [-0.3, -0.25) is 4.90 Å². The van der Waals surface area contributed by atoms with Crippen LogP contribution in [0.5, 0.6) is 0 Å². The highest BCUT2D eigenvalue weighted by molar-refractivity contribution is 5.98. The Morgan fingerprint density at radius 2 is 1.67 bits per heavy atom. The van der Waals surface area contributed by atoms with Crippen LogP contribution < -0.4 is 0 Å². The highest BCUT2D eigenvalue weighted by atomic mass is 16.5. The average Bonchev–Trinajstić information content (AvgIpc) is 2.56. The summed E-state index contributed by atoms with van der Waals surface area (Å²) in [6.45, 7) is 8.40. The molecule has 1 rings (SSSR count). The van der Waals surface area contributed by atoms with Crippen molar-refractivity contribution in [2.45, 2.75) is 52.4 Å². The van der Waals surface area contributed by atoms with Crippen molar-refractivity contribution in [3.63, 3.8) is 0 Å². The molecular formula is C18H31NO5. The zero-order chi connectivity index (χ0) is 17.9. The van der Waals surface area contributed by atoms with Gasteiger partial charge >= 0.3 is 11.9 Å². The number of carboxylic acids is 2. The molecule has 138 valence electrons. The van der Waals surface area contributed by atoms with E-state index in [0.717, 1.165) is 52.1 Å². The number of carboxylic acid groups (broad SMARTS) is 2. The molecule has 1 atom stereocenters. The van der Waals surface area contributed by atoms with Gasteiger partial charge in [0, 0.05) is 24.2 Å². The van der Waals surface area contributed by atoms with E-state index in [1.807, 2.05) is 13.8 Å². The lowest BCUT2D eigenvalue weighted by Crippen LogP contribution is -2.36. The Bertz CT molecular complexity index is 441. The number of carbonyl (C=O) groups is 2. The summed E-state index contributed by atoms with van der Waals surface area (Å²) in [5, 5.41) is 18.8. The number of hydrogen-bond acceptors (Lipinski definition) is 4. The third-order valence-electron chi connectivity index (χ3n) is 4.63. The molecule has 2 N–H and O–H groups in total. The summed E-state index contributed by atoms with van der Waals surface area (Å²) < 4.78 is 5.31. The van der Waals surface area contributed by atoms with Crippen LogP contribution in [0, 0.1) is 5.92 Å². The molecule has 0 radical (unpaired) electrons. The maximum Gasteiger partial charge on any atom is 0.332 e. The zero-order valence-corrected chi connectivity index (χ0v) is 14.9. The molecular weight excluding hydrogens is 310 g/mol. The van der Waals surface area contributed by atoms with Crippen LogP contribution in [-0.2, 0) is 14.3 Å². The van der Waals surface area contributed by atoms with Crippen LogP contribution >= 0.6 is 0 Å². The minimum absolute atomic E-state index is 0.0741. The van der Waals surface area contributed by atoms with Crippen LogP contribution in [0.4, 0.5) is 0 Å². The van der Waals surface area contributed by atoms with Gasteiger partial charge in [0.15, 0.2) is 0 Å². The number of rotatable bonds is 11. The molecule has 0 aromatic carbocycles. The van der Waals surface area contributed by atoms with E-state index in [1.54, 1.807) is 0 Å². The van der Waals surface area contributed by atoms with E-state index < -0.39 is 11.9 Å². The van der Waals surface area contributed by atoms with Crippen LogP contribution in [0.15, 0.2) is 11.1 Å². The molecule has 0 aromatic rings. The number of unbranched alkanes of at least 4 members (excludes halogenated alkanes) is 2. The third kappa shape index (κ3) is 7.45. The first-order chi connectivity index (χ1) is 11.5. The highest BCUT2D eigenvalue weighted by Crippen LogP contribution is 2.22. The van der Waals surface area contributed by atoms with Gasteiger partial charge in [0.05, 0.1) is 13.2 Å². The molecule has 0 amide bonds. The Morgan fingerprint density at radius 3 is 2.21 bits per heavy atom. The topological polar surface area (TPSA) is 87.1 Å². The summed E-state index contributed by atoms with van der Waals surface area (Å²) in [7, 11) is 0. The smallest absolute Gasteiger partial charge is 0.332 e. The fraction of sp³-hybridized carbons (Fsp3) is 0.778. The number of morpholine rings is 1. The van der Waals surface area contributed by atoms with Crippen molar-refractivity contribution in [2.24, 2.45) is 5.92 Å². The van der Waals surface area contributed by atoms with Crippen LogP contribution in [0.25, 0.3) is 0 Å². The second-order valence-electron chi connectivity index (χ2n) is 6.55. The second kappa shape index (κ2) is 11.2. The monoisotopic (exact) mass is 341 g/mol. The quantitative estimate of drug-likeness (QED) is 0.444. The molecule has 6 nitrogen and oxygen atoms in total. The molecule has 0 spiro atoms. The predicted octanol–water partition coefficient (Wildman–Crippen LogP) is 2.78. The van der Waals surface area contributed by atoms with Gasteiger partial charge in [0.2, 0.25) is 0 Å². The number of ether oxygens (including phenoxy) is 1. The van der Waals surface area contributed by atoms with Gasteiger partial charge in [-0.1, -0.05) is 26.7 Å². The summed E-state index contributed by atoms with van der Waals surface area (Å²) in [4.78, 5) is 25.3. The molecule has 1 saturated heterocycles. The fourth-order valence-electron chi connectivity index (χ4n) is 2.86. The summed E-state index contributed by atoms with van der Waals surface area (Å²) >= 11 is 0. The average molecular weight is 341 g/mol. The van der Waals surface area contributed by atoms with Gasteiger partial charge in [-0.05, 0) is 38.1 Å². The lowest BCUT2D eigenvalue weighted by molar-refractivity contribution is -0.136. The fourth-order valence-corrected chi connectivity index (χ4v) is 2.86. The van der Waals surface area contributed by atoms with Crippen molar-refractivity contribution in [1.29, 1.82) is 0 Å². The largest absolute Gasteiger partial charge is 0.478 e. The first-order valence-corrected chi connectivity index (χ1v) is 8.94. The van der Waals surface area contributed by atoms with Gasteiger partial charge < -0.3 is 14.9 Å². The van der Waals surface area contributed by atoms with Crippen molar-refractivity contribution in [3.05, 3.63) is 11.1 Å². The molecule has 0 aliphatic carbocycles. The lowest BCUT2D eigenvalue weighted by atomic mass is 9.92. The van der Waals surface area contributed by atoms with Crippen LogP contribution in [-0.4, -0.2) is 59.9 Å². The van der Waals surface area contributed by atoms with Gasteiger partial charge in [-0.25, -0.2) is 9.59 Å². The third-order valence-corrected chi connectivity index (χ3v) is 4.63. The molecule has 0 saturated carbocycles. The standard InChI is InChI=1S/C18H31NO5/c1-3-14(2)13-16(18(22)23)15(17(20)21)7-5-4-6-8-19-9-11-24-12-10-19/h14H,3-13H2,1-2H3,(H,20,21)(H,22,23)/b16-15+. The lowest BCUT2D eigenvalue weighted by Gasteiger charge is -2.26. The van der Waals surface area contributed by atoms with Crippen molar-refractivity contribution in [3.8, 4) is 0 Å². The molecule has 24 heavy (non-hydrogen) atoms. The molecule has 1 aliphatic heterocycles. The highest BCUT2D eigenvalue weighted by Gasteiger charge is 2.21. The normalized spacial score (nSPS) is 18.1. The van der Waals surface area contributed by atoms with Crippen molar-refractivity contribution < 1.29 is 24.5 Å². The van der Waals surface area contributed by atoms with E-state index in [-0.39, 0.29) is 17.1 Å². The van der Waals surface area contributed by atoms with E-state index in [4.69, 9.17) is 4.74 Å². The predicted molar refractivity (Wildman–Crippen MR) is 92.1 cm³/mol. The van der Waals surface area contributed by atoms with Crippen molar-refractivity contribution in [2.75, 3.05) is 32.8 Å². The summed E-state index contributed by atoms with van der Waals surface area (Å²) in [6.07, 6.45) is 4.11. The SMILES string of the molecule is CCC(C)C/C(C(=O)O)=C(/CCCCCN1CCOCC1)C(=O)O. The summed E-state index contributed by atoms with van der Waals surface area (Å²) in [5.41, 5.74) is 0.152. The van der Waals surface area contributed by atoms with Crippen molar-refractivity contribution >= 4 is 11.9 Å². The van der Waals surface area contributed by atoms with E-state index in [0.29, 0.717) is 19.3 Å². The first-order valence-electron chi connectivity index (χ1n) is 8.94. The van der Waals surface area contributed by atoms with Crippen molar-refractivity contribution in [1.82, 2.24) is 4.90 Å². The molecule has 1 heterocycles. The molecule has 1 fully saturated rings. The molecule has 0 aromatic heterocycles. The van der Waals surface area contributed by atoms with Gasteiger partial charge in [0.25, 0.3) is 0 Å². The van der Waals surface area contributed by atoms with E-state index in [1.165, 1.54) is 0 Å². The maximum atomic E-state index is 11.5. The first kappa shape index (κ1) is 20.6. The van der Waals surface area contributed by atoms with Crippen LogP contribution in [0.2, 0.25) is 0 Å². The molecule has 1 unspecified atom stereocenters. The molecule has 0 bridgehead atoms. The van der Waals surface area contributed by atoms with Gasteiger partial charge in [-0.2, -0.15) is 0 Å². The summed E-state index contributed by atoms with van der Waals surface area (Å²) in [6, 6.07) is 0. The zero-order valence-electron chi connectivity index (χ0n) is 14.9. The van der Waals surface area contributed by atoms with Gasteiger partial charge in [-0.15, -0.1) is 0 Å². The second-order valence-corrected chi connectivity index (χ2v) is 6.55. The van der Waals surface area contributed by atoms with E-state index >= 15 is 0 Å². The Hall–Kier alpha value is -1.40. The Balaban J connectivity index is 2.49. The molecule has 1 aliphatic rings. The molecule has 6 heteroatoms. The van der Waals surface area contributed by atoms with E-state index in [2.05, 4.69) is 4.90 Å². The van der Waals surface area contributed by atoms with Gasteiger partial charge in [0.1, 0.15) is 0 Å². The minimum Gasteiger partial charge on any atom is -0.478 e. The Labute approximate surface area is 144 Å². The number of aliphatic carboxylic acids is 2. The van der Waals surface area contributed by atoms with Crippen LogP contribution in [0.1, 0.15) is 52.4 Å². The number of nitrogens with zero attached hydrogens (tertiary/aromatic N) is 1.